The summed E-state index contributed by atoms with van der Waals surface area (Å²) in [4.78, 5) is 20.7. The summed E-state index contributed by atoms with van der Waals surface area (Å²) >= 11 is 4.81. The molecule has 55 heavy (non-hydrogen) atoms. The molecule has 0 saturated heterocycles. The van der Waals surface area contributed by atoms with Crippen LogP contribution < -0.4 is 11.1 Å². The Morgan fingerprint density at radius 2 is 0.800 bits per heavy atom. The van der Waals surface area contributed by atoms with Crippen LogP contribution in [0, 0.1) is 89.7 Å². The van der Waals surface area contributed by atoms with Crippen molar-refractivity contribution in [2.45, 2.75) is 0 Å². The summed E-state index contributed by atoms with van der Waals surface area (Å²) in [5.41, 5.74) is 20.2. The summed E-state index contributed by atoms with van der Waals surface area (Å²) in [6.07, 6.45) is 10.0. The lowest BCUT2D eigenvalue weighted by molar-refractivity contribution is -0.125. The molecule has 14 saturated carbocycles. The molecule has 14 nitrogen and oxygen atoms in total. The number of carbonyl (C=O) groups excluding carboxylic acids is 2. The van der Waals surface area contributed by atoms with Crippen LogP contribution in [0.15, 0.2) is 0 Å². The van der Waals surface area contributed by atoms with Gasteiger partial charge in [0.1, 0.15) is 26.4 Å². The van der Waals surface area contributed by atoms with Gasteiger partial charge in [-0.2, -0.15) is 0 Å². The Bertz CT molecular complexity index is 1360. The van der Waals surface area contributed by atoms with E-state index in [4.69, 9.17) is 68.1 Å². The van der Waals surface area contributed by atoms with Gasteiger partial charge in [-0.15, -0.1) is 12.8 Å². The van der Waals surface area contributed by atoms with Crippen molar-refractivity contribution < 1.29 is 57.0 Å². The Kier molecular flexibility index (Phi) is 7.77. The molecule has 0 unspecified atom stereocenters. The fourth-order valence-corrected chi connectivity index (χ4v) is 16.2. The summed E-state index contributed by atoms with van der Waals surface area (Å²) in [5, 5.41) is 2.19. The van der Waals surface area contributed by atoms with Crippen LogP contribution in [0.25, 0.3) is 0 Å². The smallest absolute Gasteiger partial charge is 0.247 e. The third-order valence-electron chi connectivity index (χ3n) is 16.5. The molecule has 0 aromatic rings. The first kappa shape index (κ1) is 37.4. The molecule has 12 bridgehead atoms. The highest BCUT2D eigenvalue weighted by Crippen LogP contribution is 4.01. The fourth-order valence-electron chi connectivity index (χ4n) is 16.1. The molecule has 0 heterocycles. The average molecular weight is 787 g/mol. The standard InChI is InChI=1S/C14H25NO6.C11H21NO4.2C6.C3H5ClO2/c1-3-5-18-7-9-20-11-12-21-10-8-19-6-4-15-14(16)13-17-2;1-2-4-13-6-8-15-10-11-16-9-7-14-5-3-12;2*1-2-3(1)5(1)4(1,2)6(2,3)5;1-6-2-3(4)5/h1H,4-13H2,2H3,(H,15,16);1H,3-12H2;;;2H2,1H3. The second-order valence-electron chi connectivity index (χ2n) is 16.5. The number of amides is 1. The molecule has 14 fully saturated rings. The van der Waals surface area contributed by atoms with Gasteiger partial charge < -0.3 is 58.4 Å². The Balaban J connectivity index is 0.0000000910. The number of hydrogen-bond acceptors (Lipinski definition) is 13. The fraction of sp³-hybridized carbons (Fsp3) is 0.850. The Morgan fingerprint density at radius 3 is 1.04 bits per heavy atom. The minimum absolute atomic E-state index is 0.00154. The van der Waals surface area contributed by atoms with Crippen molar-refractivity contribution in [3.63, 3.8) is 0 Å². The van der Waals surface area contributed by atoms with E-state index in [1.54, 1.807) is 0 Å². The Labute approximate surface area is 326 Å². The quantitative estimate of drug-likeness (QED) is 0.0567. The van der Waals surface area contributed by atoms with Gasteiger partial charge in [-0.3, -0.25) is 9.59 Å². The summed E-state index contributed by atoms with van der Waals surface area (Å²) in [5.74, 6) is 4.60. The van der Waals surface area contributed by atoms with Crippen LogP contribution in [0.1, 0.15) is 0 Å². The van der Waals surface area contributed by atoms with Crippen LogP contribution in [0.4, 0.5) is 0 Å². The molecule has 0 aromatic carbocycles. The van der Waals surface area contributed by atoms with Crippen molar-refractivity contribution >= 4 is 22.8 Å². The van der Waals surface area contributed by atoms with E-state index in [1.165, 1.54) is 79.2 Å². The van der Waals surface area contributed by atoms with E-state index in [0.717, 1.165) is 0 Å². The minimum atomic E-state index is -0.461. The molecule has 14 rings (SSSR count). The van der Waals surface area contributed by atoms with Gasteiger partial charge in [0.2, 0.25) is 11.1 Å². The maximum atomic E-state index is 11.0. The third kappa shape index (κ3) is 2.78. The second kappa shape index (κ2) is 11.4. The molecule has 0 aliphatic heterocycles. The van der Waals surface area contributed by atoms with Crippen molar-refractivity contribution in [2.24, 2.45) is 70.7 Å². The van der Waals surface area contributed by atoms with E-state index >= 15 is 0 Å². The average Bonchev–Trinajstić information content (AvgIpc) is 3.79. The number of nitrogens with two attached hydrogens (primary N) is 1. The maximum absolute atomic E-state index is 11.0. The van der Waals surface area contributed by atoms with Crippen molar-refractivity contribution in [3.05, 3.63) is 0 Å². The maximum Gasteiger partial charge on any atom is 0.247 e. The lowest BCUT2D eigenvalue weighted by Crippen LogP contribution is -2.30. The third-order valence-corrected chi connectivity index (χ3v) is 16.6. The van der Waals surface area contributed by atoms with Gasteiger partial charge in [-0.05, 0) is 11.6 Å². The predicted octanol–water partition coefficient (Wildman–Crippen LogP) is -0.508. The summed E-state index contributed by atoms with van der Waals surface area (Å²) in [6, 6.07) is 0. The lowest BCUT2D eigenvalue weighted by atomic mass is 10.0. The number of hydrogen-bond donors (Lipinski definition) is 2. The first-order valence-corrected chi connectivity index (χ1v) is 20.0. The van der Waals surface area contributed by atoms with Gasteiger partial charge in [0.05, 0.1) is 92.5 Å². The van der Waals surface area contributed by atoms with Gasteiger partial charge in [-0.1, -0.05) is 11.8 Å². The number of rotatable bonds is 29. The zero-order valence-electron chi connectivity index (χ0n) is 31.7. The highest BCUT2D eigenvalue weighted by Gasteiger charge is 4.01. The molecule has 1 amide bonds. The number of carbonyl (C=O) groups is 2. The molecule has 14 aliphatic carbocycles. The van der Waals surface area contributed by atoms with Gasteiger partial charge in [0.15, 0.2) is 0 Å². The van der Waals surface area contributed by atoms with Gasteiger partial charge >= 0.3 is 0 Å². The highest BCUT2D eigenvalue weighted by molar-refractivity contribution is 6.63. The summed E-state index contributed by atoms with van der Waals surface area (Å²) in [7, 11) is 2.89. The molecule has 0 atom stereocenters. The molecule has 4 spiro atoms. The summed E-state index contributed by atoms with van der Waals surface area (Å²) in [6.45, 7) is 9.00. The molecule has 300 valence electrons. The van der Waals surface area contributed by atoms with Crippen LogP contribution in [0.3, 0.4) is 0 Å². The number of methoxy groups -OCH3 is 2. The minimum Gasteiger partial charge on any atom is -0.378 e. The number of ether oxygens (including phenoxy) is 10. The van der Waals surface area contributed by atoms with E-state index in [0.29, 0.717) is 119 Å². The van der Waals surface area contributed by atoms with Gasteiger partial charge in [-0.25, -0.2) is 0 Å². The number of nitrogens with one attached hydrogen (secondary N) is 1. The van der Waals surface area contributed by atoms with E-state index < -0.39 is 5.24 Å². The zero-order chi connectivity index (χ0) is 38.5. The van der Waals surface area contributed by atoms with E-state index in [-0.39, 0.29) is 19.1 Å². The van der Waals surface area contributed by atoms with Crippen molar-refractivity contribution in [1.82, 2.24) is 5.32 Å². The molecule has 0 radical (unpaired) electrons. The molecule has 15 heteroatoms. The lowest BCUT2D eigenvalue weighted by Gasteiger charge is -2.07. The van der Waals surface area contributed by atoms with Crippen LogP contribution in [-0.2, 0) is 57.0 Å². The topological polar surface area (TPSA) is 164 Å². The molecular formula is C40H51ClN2O12. The van der Waals surface area contributed by atoms with E-state index in [9.17, 15) is 9.59 Å². The molecule has 0 aromatic heterocycles. The summed E-state index contributed by atoms with van der Waals surface area (Å²) < 4.78 is 50.5. The molecule has 14 aliphatic rings. The van der Waals surface area contributed by atoms with Gasteiger partial charge in [0.25, 0.3) is 0 Å². The first-order valence-electron chi connectivity index (χ1n) is 19.6. The van der Waals surface area contributed by atoms with E-state index in [2.05, 4.69) is 26.6 Å². The second-order valence-corrected chi connectivity index (χ2v) is 17.0. The largest absolute Gasteiger partial charge is 0.378 e. The molecular weight excluding hydrogens is 736 g/mol. The predicted molar refractivity (Wildman–Crippen MR) is 190 cm³/mol. The van der Waals surface area contributed by atoms with Crippen LogP contribution in [0.2, 0.25) is 0 Å². The van der Waals surface area contributed by atoms with Crippen LogP contribution in [0.5, 0.6) is 0 Å². The van der Waals surface area contributed by atoms with Crippen LogP contribution >= 0.6 is 11.6 Å². The monoisotopic (exact) mass is 786 g/mol. The van der Waals surface area contributed by atoms with Crippen molar-refractivity contribution in [3.8, 4) is 24.7 Å². The van der Waals surface area contributed by atoms with Crippen molar-refractivity contribution in [1.29, 1.82) is 0 Å². The van der Waals surface area contributed by atoms with E-state index in [1.807, 2.05) is 0 Å². The Morgan fingerprint density at radius 1 is 0.509 bits per heavy atom. The first-order chi connectivity index (χ1) is 27.0. The normalized spacial score (nSPS) is 49.7. The van der Waals surface area contributed by atoms with Crippen molar-refractivity contribution in [2.75, 3.05) is 146 Å². The zero-order valence-corrected chi connectivity index (χ0v) is 32.4. The van der Waals surface area contributed by atoms with Crippen LogP contribution in [-0.4, -0.2) is 157 Å². The Hall–Kier alpha value is -1.89. The SMILES string of the molecule is C#CCOCCOCCOCCOCCN.C#CCOCCOCCOCCOCCNC(=O)COC.C123C45C16C21C34C561.C123C45C16C21C34C561.COCC(=O)Cl. The molecule has 3 N–H and O–H groups in total. The number of terminal acetylenes is 2. The van der Waals surface area contributed by atoms with Gasteiger partial charge in [0, 0.05) is 92.3 Å². The highest BCUT2D eigenvalue weighted by atomic mass is 35.5. The number of halogens is 1.